The molecule has 4 nitrogen and oxygen atoms in total. The van der Waals surface area contributed by atoms with E-state index in [0.29, 0.717) is 12.8 Å². The molecule has 1 atom stereocenters. The highest BCUT2D eigenvalue weighted by molar-refractivity contribution is 5.69. The Morgan fingerprint density at radius 3 is 1.25 bits per heavy atom. The molecule has 1 unspecified atom stereocenters. The zero-order valence-corrected chi connectivity index (χ0v) is 31.5. The van der Waals surface area contributed by atoms with E-state index in [1.165, 1.54) is 96.3 Å². The Hall–Kier alpha value is -2.36. The van der Waals surface area contributed by atoms with Crippen LogP contribution in [0.5, 0.6) is 0 Å². The highest BCUT2D eigenvalue weighted by atomic mass is 16.5. The van der Waals surface area contributed by atoms with Gasteiger partial charge in [0, 0.05) is 12.8 Å². The molecule has 0 amide bonds. The van der Waals surface area contributed by atoms with Gasteiger partial charge in [-0.15, -0.1) is 0 Å². The SMILES string of the molecule is CC/C=C\C/C=C\C/C=C\C/C=C\C/C=C\CCCC(=O)OC(CC)CCCCCCCCCCCCCCCCCCCCC(=O)O. The van der Waals surface area contributed by atoms with Crippen LogP contribution >= 0.6 is 0 Å². The summed E-state index contributed by atoms with van der Waals surface area (Å²) < 4.78 is 5.77. The van der Waals surface area contributed by atoms with Gasteiger partial charge < -0.3 is 9.84 Å². The number of carboxylic acid groups (broad SMARTS) is 1. The number of ether oxygens (including phenoxy) is 1. The molecule has 0 aliphatic carbocycles. The Bertz CT molecular complexity index is 850. The van der Waals surface area contributed by atoms with Crippen molar-refractivity contribution in [1.29, 1.82) is 0 Å². The number of carbonyl (C=O) groups is 2. The molecule has 0 heterocycles. The maximum absolute atomic E-state index is 12.3. The van der Waals surface area contributed by atoms with Gasteiger partial charge in [0.2, 0.25) is 0 Å². The van der Waals surface area contributed by atoms with E-state index in [0.717, 1.165) is 77.0 Å². The smallest absolute Gasteiger partial charge is 0.306 e. The molecule has 48 heavy (non-hydrogen) atoms. The van der Waals surface area contributed by atoms with E-state index in [1.807, 2.05) is 0 Å². The molecule has 0 saturated carbocycles. The number of rotatable bonds is 36. The summed E-state index contributed by atoms with van der Waals surface area (Å²) in [6, 6.07) is 0. The predicted molar refractivity (Wildman–Crippen MR) is 208 cm³/mol. The molecule has 0 fully saturated rings. The largest absolute Gasteiger partial charge is 0.481 e. The minimum absolute atomic E-state index is 0.0315. The van der Waals surface area contributed by atoms with Gasteiger partial charge in [-0.05, 0) is 70.6 Å². The van der Waals surface area contributed by atoms with Crippen LogP contribution in [0.4, 0.5) is 0 Å². The van der Waals surface area contributed by atoms with Crippen molar-refractivity contribution < 1.29 is 19.4 Å². The van der Waals surface area contributed by atoms with Crippen LogP contribution in [-0.2, 0) is 14.3 Å². The van der Waals surface area contributed by atoms with Crippen molar-refractivity contribution in [3.05, 3.63) is 60.8 Å². The first-order chi connectivity index (χ1) is 23.6. The quantitative estimate of drug-likeness (QED) is 0.0410. The second-order valence-electron chi connectivity index (χ2n) is 13.4. The molecule has 0 aliphatic rings. The normalized spacial score (nSPS) is 12.9. The fourth-order valence-corrected chi connectivity index (χ4v) is 5.80. The molecule has 0 aromatic carbocycles. The van der Waals surface area contributed by atoms with Crippen molar-refractivity contribution in [3.8, 4) is 0 Å². The summed E-state index contributed by atoms with van der Waals surface area (Å²) in [5, 5.41) is 8.65. The molecule has 0 bridgehead atoms. The first kappa shape index (κ1) is 45.6. The summed E-state index contributed by atoms with van der Waals surface area (Å²) >= 11 is 0. The van der Waals surface area contributed by atoms with Crippen molar-refractivity contribution in [1.82, 2.24) is 0 Å². The number of hydrogen-bond acceptors (Lipinski definition) is 3. The minimum Gasteiger partial charge on any atom is -0.481 e. The average molecular weight is 669 g/mol. The summed E-state index contributed by atoms with van der Waals surface area (Å²) in [6.07, 6.45) is 54.8. The first-order valence-corrected chi connectivity index (χ1v) is 20.3. The fourth-order valence-electron chi connectivity index (χ4n) is 5.80. The van der Waals surface area contributed by atoms with E-state index >= 15 is 0 Å². The lowest BCUT2D eigenvalue weighted by molar-refractivity contribution is -0.149. The van der Waals surface area contributed by atoms with Crippen LogP contribution in [0.25, 0.3) is 0 Å². The minimum atomic E-state index is -0.664. The topological polar surface area (TPSA) is 63.6 Å². The molecule has 1 N–H and O–H groups in total. The van der Waals surface area contributed by atoms with E-state index in [4.69, 9.17) is 9.84 Å². The third-order valence-corrected chi connectivity index (χ3v) is 8.83. The second-order valence-corrected chi connectivity index (χ2v) is 13.4. The lowest BCUT2D eigenvalue weighted by Crippen LogP contribution is -2.17. The Morgan fingerprint density at radius 1 is 0.479 bits per heavy atom. The number of unbranched alkanes of at least 4 members (excludes halogenated alkanes) is 18. The Kier molecular flexibility index (Phi) is 37.2. The van der Waals surface area contributed by atoms with E-state index < -0.39 is 5.97 Å². The van der Waals surface area contributed by atoms with Gasteiger partial charge in [-0.2, -0.15) is 0 Å². The Balaban J connectivity index is 3.52. The molecule has 0 aromatic heterocycles. The van der Waals surface area contributed by atoms with Gasteiger partial charge in [-0.3, -0.25) is 9.59 Å². The first-order valence-electron chi connectivity index (χ1n) is 20.3. The summed E-state index contributed by atoms with van der Waals surface area (Å²) in [6.45, 7) is 4.29. The van der Waals surface area contributed by atoms with Gasteiger partial charge in [0.1, 0.15) is 6.10 Å². The average Bonchev–Trinajstić information content (AvgIpc) is 3.08. The maximum Gasteiger partial charge on any atom is 0.306 e. The number of aliphatic carboxylic acids is 1. The molecular weight excluding hydrogens is 592 g/mol. The second kappa shape index (κ2) is 39.1. The van der Waals surface area contributed by atoms with Gasteiger partial charge in [-0.1, -0.05) is 177 Å². The van der Waals surface area contributed by atoms with Crippen LogP contribution < -0.4 is 0 Å². The summed E-state index contributed by atoms with van der Waals surface area (Å²) in [7, 11) is 0. The summed E-state index contributed by atoms with van der Waals surface area (Å²) in [5.41, 5.74) is 0. The van der Waals surface area contributed by atoms with Gasteiger partial charge in [0.25, 0.3) is 0 Å². The maximum atomic E-state index is 12.3. The number of hydrogen-bond donors (Lipinski definition) is 1. The highest BCUT2D eigenvalue weighted by Gasteiger charge is 2.11. The van der Waals surface area contributed by atoms with Crippen LogP contribution in [0.2, 0.25) is 0 Å². The molecule has 0 rings (SSSR count). The Labute approximate surface area is 297 Å². The number of carboxylic acids is 1. The molecule has 0 spiro atoms. The zero-order chi connectivity index (χ0) is 35.0. The van der Waals surface area contributed by atoms with Crippen LogP contribution in [0, 0.1) is 0 Å². The van der Waals surface area contributed by atoms with E-state index in [1.54, 1.807) is 0 Å². The number of carbonyl (C=O) groups excluding carboxylic acids is 1. The van der Waals surface area contributed by atoms with Crippen molar-refractivity contribution >= 4 is 11.9 Å². The van der Waals surface area contributed by atoms with Crippen molar-refractivity contribution in [3.63, 3.8) is 0 Å². The predicted octanol–water partition coefficient (Wildman–Crippen LogP) is 14.1. The molecule has 0 radical (unpaired) electrons. The van der Waals surface area contributed by atoms with Gasteiger partial charge in [0.15, 0.2) is 0 Å². The molecule has 0 aliphatic heterocycles. The van der Waals surface area contributed by atoms with Gasteiger partial charge in [-0.25, -0.2) is 0 Å². The van der Waals surface area contributed by atoms with Crippen molar-refractivity contribution in [2.24, 2.45) is 0 Å². The molecule has 0 aromatic rings. The van der Waals surface area contributed by atoms with Gasteiger partial charge >= 0.3 is 11.9 Å². The van der Waals surface area contributed by atoms with Crippen LogP contribution in [0.15, 0.2) is 60.8 Å². The van der Waals surface area contributed by atoms with Crippen molar-refractivity contribution in [2.45, 2.75) is 206 Å². The van der Waals surface area contributed by atoms with Crippen molar-refractivity contribution in [2.75, 3.05) is 0 Å². The number of esters is 1. The molecular formula is C44H76O4. The van der Waals surface area contributed by atoms with E-state index in [-0.39, 0.29) is 12.1 Å². The fraction of sp³-hybridized carbons (Fsp3) is 0.727. The molecule has 276 valence electrons. The zero-order valence-electron chi connectivity index (χ0n) is 31.5. The third kappa shape index (κ3) is 38.1. The van der Waals surface area contributed by atoms with Gasteiger partial charge in [0.05, 0.1) is 0 Å². The van der Waals surface area contributed by atoms with Crippen LogP contribution in [0.1, 0.15) is 200 Å². The van der Waals surface area contributed by atoms with Crippen LogP contribution in [0.3, 0.4) is 0 Å². The standard InChI is InChI=1S/C44H76O4/c1-3-5-6-7-8-9-10-11-12-15-20-23-26-29-32-35-38-41-44(47)48-42(4-2)39-36-33-30-27-24-21-18-16-13-14-17-19-22-25-28-31-34-37-40-43(45)46/h5-6,8-9,11-12,20,23,29,32,42H,3-4,7,10,13-19,21-22,24-28,30-31,33-41H2,1-2H3,(H,45,46)/b6-5-,9-8-,12-11-,23-20-,32-29-. The highest BCUT2D eigenvalue weighted by Crippen LogP contribution is 2.16. The third-order valence-electron chi connectivity index (χ3n) is 8.83. The van der Waals surface area contributed by atoms with Crippen LogP contribution in [-0.4, -0.2) is 23.1 Å². The number of allylic oxidation sites excluding steroid dienone is 10. The Morgan fingerprint density at radius 2 is 0.854 bits per heavy atom. The lowest BCUT2D eigenvalue weighted by Gasteiger charge is -2.16. The van der Waals surface area contributed by atoms with E-state index in [2.05, 4.69) is 74.6 Å². The molecule has 0 saturated heterocycles. The summed E-state index contributed by atoms with van der Waals surface area (Å²) in [4.78, 5) is 22.8. The monoisotopic (exact) mass is 669 g/mol. The van der Waals surface area contributed by atoms with E-state index in [9.17, 15) is 9.59 Å². The lowest BCUT2D eigenvalue weighted by atomic mass is 10.0. The summed E-state index contributed by atoms with van der Waals surface area (Å²) in [5.74, 6) is -0.695. The molecule has 4 heteroatoms.